The lowest BCUT2D eigenvalue weighted by Crippen LogP contribution is -2.43. The second-order valence-electron chi connectivity index (χ2n) is 5.44. The van der Waals surface area contributed by atoms with Crippen molar-refractivity contribution in [1.29, 1.82) is 0 Å². The highest BCUT2D eigenvalue weighted by Gasteiger charge is 2.24. The fraction of sp³-hybridized carbons (Fsp3) is 0.562. The van der Waals surface area contributed by atoms with Gasteiger partial charge in [-0.25, -0.2) is 0 Å². The van der Waals surface area contributed by atoms with Crippen molar-refractivity contribution in [3.8, 4) is 0 Å². The Morgan fingerprint density at radius 2 is 2.00 bits per heavy atom. The minimum atomic E-state index is 0.265. The third-order valence-electron chi connectivity index (χ3n) is 4.23. The van der Waals surface area contributed by atoms with Gasteiger partial charge < -0.3 is 0 Å². The highest BCUT2D eigenvalue weighted by atomic mass is 16.1. The van der Waals surface area contributed by atoms with E-state index in [1.54, 1.807) is 0 Å². The standard InChI is InChI=1S/C16H23NO/c1-13-7-6-11-17(14(13)2)12-10-16(18)15-8-4-3-5-9-15/h3-5,8-9,13-14H,6-7,10-12H2,1-2H3. The Balaban J connectivity index is 1.86. The Labute approximate surface area is 110 Å². The van der Waals surface area contributed by atoms with Crippen LogP contribution in [0.25, 0.3) is 0 Å². The van der Waals surface area contributed by atoms with Gasteiger partial charge >= 0.3 is 0 Å². The van der Waals surface area contributed by atoms with Crippen molar-refractivity contribution in [2.45, 2.75) is 39.2 Å². The van der Waals surface area contributed by atoms with Crippen LogP contribution in [0.15, 0.2) is 30.3 Å². The summed E-state index contributed by atoms with van der Waals surface area (Å²) in [5, 5.41) is 0. The van der Waals surface area contributed by atoms with Gasteiger partial charge in [-0.15, -0.1) is 0 Å². The summed E-state index contributed by atoms with van der Waals surface area (Å²) in [7, 11) is 0. The monoisotopic (exact) mass is 245 g/mol. The number of Topliss-reactive ketones (excluding diaryl/α,β-unsaturated/α-hetero) is 1. The number of benzene rings is 1. The predicted molar refractivity (Wildman–Crippen MR) is 74.8 cm³/mol. The lowest BCUT2D eigenvalue weighted by atomic mass is 9.92. The van der Waals surface area contributed by atoms with Gasteiger partial charge in [-0.3, -0.25) is 9.69 Å². The summed E-state index contributed by atoms with van der Waals surface area (Å²) in [4.78, 5) is 14.5. The third-order valence-corrected chi connectivity index (χ3v) is 4.23. The number of hydrogen-bond acceptors (Lipinski definition) is 2. The zero-order chi connectivity index (χ0) is 13.0. The number of piperidine rings is 1. The van der Waals surface area contributed by atoms with Crippen LogP contribution in [0.2, 0.25) is 0 Å². The van der Waals surface area contributed by atoms with E-state index in [0.29, 0.717) is 12.5 Å². The van der Waals surface area contributed by atoms with Crippen LogP contribution in [-0.2, 0) is 0 Å². The van der Waals surface area contributed by atoms with Crippen LogP contribution in [0, 0.1) is 5.92 Å². The van der Waals surface area contributed by atoms with E-state index in [0.717, 1.165) is 24.6 Å². The minimum Gasteiger partial charge on any atom is -0.300 e. The summed E-state index contributed by atoms with van der Waals surface area (Å²) in [6.45, 7) is 6.65. The maximum atomic E-state index is 12.0. The van der Waals surface area contributed by atoms with Crippen molar-refractivity contribution < 1.29 is 4.79 Å². The number of hydrogen-bond donors (Lipinski definition) is 0. The molecular weight excluding hydrogens is 222 g/mol. The molecule has 0 aliphatic carbocycles. The van der Waals surface area contributed by atoms with Crippen LogP contribution in [0.5, 0.6) is 0 Å². The van der Waals surface area contributed by atoms with E-state index >= 15 is 0 Å². The molecule has 0 radical (unpaired) electrons. The van der Waals surface area contributed by atoms with E-state index in [9.17, 15) is 4.79 Å². The van der Waals surface area contributed by atoms with E-state index < -0.39 is 0 Å². The first kappa shape index (κ1) is 13.3. The smallest absolute Gasteiger partial charge is 0.164 e. The van der Waals surface area contributed by atoms with Gasteiger partial charge in [0.15, 0.2) is 5.78 Å². The summed E-state index contributed by atoms with van der Waals surface area (Å²) >= 11 is 0. The van der Waals surface area contributed by atoms with Crippen LogP contribution in [0.3, 0.4) is 0 Å². The average molecular weight is 245 g/mol. The van der Waals surface area contributed by atoms with Crippen molar-refractivity contribution in [2.75, 3.05) is 13.1 Å². The molecule has 1 fully saturated rings. The highest BCUT2D eigenvalue weighted by Crippen LogP contribution is 2.22. The fourth-order valence-electron chi connectivity index (χ4n) is 2.75. The quantitative estimate of drug-likeness (QED) is 0.758. The molecule has 1 aromatic rings. The SMILES string of the molecule is CC1CCCN(CCC(=O)c2ccccc2)C1C. The molecule has 2 unspecified atom stereocenters. The average Bonchev–Trinajstić information content (AvgIpc) is 2.41. The Kier molecular flexibility index (Phi) is 4.54. The summed E-state index contributed by atoms with van der Waals surface area (Å²) in [6, 6.07) is 10.2. The van der Waals surface area contributed by atoms with Crippen LogP contribution < -0.4 is 0 Å². The van der Waals surface area contributed by atoms with Crippen LogP contribution in [-0.4, -0.2) is 29.8 Å². The lowest BCUT2D eigenvalue weighted by Gasteiger charge is -2.37. The zero-order valence-corrected chi connectivity index (χ0v) is 11.4. The van der Waals surface area contributed by atoms with Crippen molar-refractivity contribution in [2.24, 2.45) is 5.92 Å². The Morgan fingerprint density at radius 3 is 2.72 bits per heavy atom. The fourth-order valence-corrected chi connectivity index (χ4v) is 2.75. The summed E-state index contributed by atoms with van der Waals surface area (Å²) in [5.41, 5.74) is 0.843. The van der Waals surface area contributed by atoms with E-state index in [4.69, 9.17) is 0 Å². The van der Waals surface area contributed by atoms with Crippen molar-refractivity contribution in [1.82, 2.24) is 4.90 Å². The molecule has 0 N–H and O–H groups in total. The van der Waals surface area contributed by atoms with Gasteiger partial charge in [-0.05, 0) is 32.2 Å². The second-order valence-corrected chi connectivity index (χ2v) is 5.44. The van der Waals surface area contributed by atoms with Gasteiger partial charge in [0.1, 0.15) is 0 Å². The van der Waals surface area contributed by atoms with Crippen molar-refractivity contribution in [3.05, 3.63) is 35.9 Å². The van der Waals surface area contributed by atoms with Gasteiger partial charge in [-0.1, -0.05) is 37.3 Å². The van der Waals surface area contributed by atoms with Crippen LogP contribution in [0.1, 0.15) is 43.5 Å². The second kappa shape index (κ2) is 6.14. The molecule has 2 nitrogen and oxygen atoms in total. The molecule has 0 saturated carbocycles. The Bertz CT molecular complexity index is 387. The molecule has 1 aromatic carbocycles. The lowest BCUT2D eigenvalue weighted by molar-refractivity contribution is 0.0878. The molecule has 2 heteroatoms. The largest absolute Gasteiger partial charge is 0.300 e. The minimum absolute atomic E-state index is 0.265. The van der Waals surface area contributed by atoms with E-state index in [-0.39, 0.29) is 5.78 Å². The highest BCUT2D eigenvalue weighted by molar-refractivity contribution is 5.96. The number of likely N-dealkylation sites (tertiary alicyclic amines) is 1. The molecule has 1 saturated heterocycles. The molecule has 18 heavy (non-hydrogen) atoms. The predicted octanol–water partition coefficient (Wildman–Crippen LogP) is 3.38. The van der Waals surface area contributed by atoms with Crippen LogP contribution >= 0.6 is 0 Å². The first-order chi connectivity index (χ1) is 8.68. The topological polar surface area (TPSA) is 20.3 Å². The molecule has 98 valence electrons. The molecule has 2 rings (SSSR count). The van der Waals surface area contributed by atoms with Gasteiger partial charge in [0.05, 0.1) is 0 Å². The summed E-state index contributed by atoms with van der Waals surface area (Å²) in [5.74, 6) is 1.02. The number of carbonyl (C=O) groups excluding carboxylic acids is 1. The number of ketones is 1. The Morgan fingerprint density at radius 1 is 1.28 bits per heavy atom. The molecule has 2 atom stereocenters. The van der Waals surface area contributed by atoms with Gasteiger partial charge in [0.25, 0.3) is 0 Å². The molecule has 0 bridgehead atoms. The van der Waals surface area contributed by atoms with Crippen LogP contribution in [0.4, 0.5) is 0 Å². The van der Waals surface area contributed by atoms with E-state index in [2.05, 4.69) is 18.7 Å². The molecule has 1 aliphatic rings. The normalized spacial score (nSPS) is 25.0. The number of nitrogens with zero attached hydrogens (tertiary/aromatic N) is 1. The third kappa shape index (κ3) is 3.20. The maximum absolute atomic E-state index is 12.0. The number of carbonyl (C=O) groups is 1. The number of rotatable bonds is 4. The first-order valence-electron chi connectivity index (χ1n) is 7.01. The molecular formula is C16H23NO. The zero-order valence-electron chi connectivity index (χ0n) is 11.4. The summed E-state index contributed by atoms with van der Waals surface area (Å²) < 4.78 is 0. The maximum Gasteiger partial charge on any atom is 0.164 e. The van der Waals surface area contributed by atoms with E-state index in [1.165, 1.54) is 12.8 Å². The first-order valence-corrected chi connectivity index (χ1v) is 7.01. The summed E-state index contributed by atoms with van der Waals surface area (Å²) in [6.07, 6.45) is 3.23. The van der Waals surface area contributed by atoms with E-state index in [1.807, 2.05) is 30.3 Å². The van der Waals surface area contributed by atoms with Crippen molar-refractivity contribution in [3.63, 3.8) is 0 Å². The molecule has 1 aliphatic heterocycles. The van der Waals surface area contributed by atoms with Crippen molar-refractivity contribution >= 4 is 5.78 Å². The van der Waals surface area contributed by atoms with Gasteiger partial charge in [0.2, 0.25) is 0 Å². The molecule has 0 amide bonds. The molecule has 0 aromatic heterocycles. The Hall–Kier alpha value is -1.15. The molecule has 0 spiro atoms. The van der Waals surface area contributed by atoms with Gasteiger partial charge in [-0.2, -0.15) is 0 Å². The molecule has 1 heterocycles. The van der Waals surface area contributed by atoms with Gasteiger partial charge in [0, 0.05) is 24.6 Å².